The van der Waals surface area contributed by atoms with E-state index in [9.17, 15) is 4.79 Å². The minimum atomic E-state index is -0.383. The summed E-state index contributed by atoms with van der Waals surface area (Å²) in [4.78, 5) is 10.8. The molecule has 78 valence electrons. The molecule has 4 heteroatoms. The van der Waals surface area contributed by atoms with E-state index in [2.05, 4.69) is 5.16 Å². The minimum Gasteiger partial charge on any atom is -0.456 e. The SMILES string of the molecule is CC(=O)OC(C)c1noc2ccccc12. The quantitative estimate of drug-likeness (QED) is 0.706. The number of benzene rings is 1. The molecule has 2 aromatic rings. The molecule has 1 aromatic carbocycles. The number of carbonyl (C=O) groups excluding carboxylic acids is 1. The summed E-state index contributed by atoms with van der Waals surface area (Å²) in [5.41, 5.74) is 1.35. The van der Waals surface area contributed by atoms with E-state index in [-0.39, 0.29) is 12.1 Å². The van der Waals surface area contributed by atoms with E-state index in [1.165, 1.54) is 6.92 Å². The van der Waals surface area contributed by atoms with Gasteiger partial charge in [0.1, 0.15) is 11.8 Å². The molecule has 0 amide bonds. The van der Waals surface area contributed by atoms with Crippen molar-refractivity contribution in [2.75, 3.05) is 0 Å². The van der Waals surface area contributed by atoms with Gasteiger partial charge in [0.15, 0.2) is 5.58 Å². The van der Waals surface area contributed by atoms with Crippen LogP contribution in [0.4, 0.5) is 0 Å². The fraction of sp³-hybridized carbons (Fsp3) is 0.273. The molecule has 0 bridgehead atoms. The van der Waals surface area contributed by atoms with Crippen molar-refractivity contribution in [1.82, 2.24) is 5.16 Å². The van der Waals surface area contributed by atoms with E-state index < -0.39 is 0 Å². The van der Waals surface area contributed by atoms with Gasteiger partial charge in [0, 0.05) is 12.3 Å². The van der Waals surface area contributed by atoms with Crippen molar-refractivity contribution in [3.63, 3.8) is 0 Å². The van der Waals surface area contributed by atoms with Crippen LogP contribution in [-0.4, -0.2) is 11.1 Å². The van der Waals surface area contributed by atoms with Crippen molar-refractivity contribution in [2.24, 2.45) is 0 Å². The smallest absolute Gasteiger partial charge is 0.303 e. The first-order valence-corrected chi connectivity index (χ1v) is 4.70. The third kappa shape index (κ3) is 1.83. The van der Waals surface area contributed by atoms with Crippen molar-refractivity contribution in [3.8, 4) is 0 Å². The van der Waals surface area contributed by atoms with Crippen molar-refractivity contribution in [3.05, 3.63) is 30.0 Å². The number of fused-ring (bicyclic) bond motifs is 1. The molecule has 2 rings (SSSR count). The van der Waals surface area contributed by atoms with Gasteiger partial charge in [-0.1, -0.05) is 17.3 Å². The van der Waals surface area contributed by atoms with Gasteiger partial charge in [-0.15, -0.1) is 0 Å². The zero-order valence-corrected chi connectivity index (χ0v) is 8.56. The number of carbonyl (C=O) groups is 1. The number of aromatic nitrogens is 1. The predicted octanol–water partition coefficient (Wildman–Crippen LogP) is 2.45. The third-order valence-corrected chi connectivity index (χ3v) is 2.13. The molecule has 0 spiro atoms. The van der Waals surface area contributed by atoms with Crippen LogP contribution in [0.3, 0.4) is 0 Å². The molecule has 0 aliphatic rings. The largest absolute Gasteiger partial charge is 0.456 e. The van der Waals surface area contributed by atoms with Crippen LogP contribution in [0.25, 0.3) is 11.0 Å². The van der Waals surface area contributed by atoms with E-state index in [0.717, 1.165) is 5.39 Å². The van der Waals surface area contributed by atoms with Crippen molar-refractivity contribution in [2.45, 2.75) is 20.0 Å². The Morgan fingerprint density at radius 1 is 1.47 bits per heavy atom. The average molecular weight is 205 g/mol. The van der Waals surface area contributed by atoms with Crippen molar-refractivity contribution in [1.29, 1.82) is 0 Å². The van der Waals surface area contributed by atoms with E-state index in [1.54, 1.807) is 6.92 Å². The Labute approximate surface area is 86.8 Å². The van der Waals surface area contributed by atoms with Gasteiger partial charge >= 0.3 is 5.97 Å². The van der Waals surface area contributed by atoms with E-state index in [4.69, 9.17) is 9.26 Å². The predicted molar refractivity (Wildman–Crippen MR) is 54.2 cm³/mol. The van der Waals surface area contributed by atoms with Crippen molar-refractivity contribution >= 4 is 16.9 Å². The van der Waals surface area contributed by atoms with E-state index >= 15 is 0 Å². The number of ether oxygens (including phenoxy) is 1. The molecule has 0 aliphatic heterocycles. The Kier molecular flexibility index (Phi) is 2.41. The molecule has 0 saturated carbocycles. The second-order valence-electron chi connectivity index (χ2n) is 3.32. The standard InChI is InChI=1S/C11H11NO3/c1-7(14-8(2)13)11-9-5-3-4-6-10(9)15-12-11/h3-7H,1-2H3. The lowest BCUT2D eigenvalue weighted by Gasteiger charge is -2.07. The highest BCUT2D eigenvalue weighted by Gasteiger charge is 2.16. The Bertz CT molecular complexity index is 489. The normalized spacial score (nSPS) is 12.7. The molecule has 0 fully saturated rings. The van der Waals surface area contributed by atoms with Gasteiger partial charge < -0.3 is 9.26 Å². The van der Waals surface area contributed by atoms with Crippen LogP contribution in [0.1, 0.15) is 25.6 Å². The molecule has 1 aromatic heterocycles. The third-order valence-electron chi connectivity index (χ3n) is 2.13. The Morgan fingerprint density at radius 2 is 2.20 bits per heavy atom. The minimum absolute atomic E-state index is 0.324. The van der Waals surface area contributed by atoms with Crippen molar-refractivity contribution < 1.29 is 14.1 Å². The Hall–Kier alpha value is -1.84. The van der Waals surface area contributed by atoms with Crippen LogP contribution in [-0.2, 0) is 9.53 Å². The first-order chi connectivity index (χ1) is 7.18. The molecule has 1 heterocycles. The Morgan fingerprint density at radius 3 is 2.93 bits per heavy atom. The highest BCUT2D eigenvalue weighted by Crippen LogP contribution is 2.25. The summed E-state index contributed by atoms with van der Waals surface area (Å²) in [6.45, 7) is 3.14. The molecule has 0 saturated heterocycles. The van der Waals surface area contributed by atoms with Gasteiger partial charge in [0.25, 0.3) is 0 Å². The fourth-order valence-corrected chi connectivity index (χ4v) is 1.50. The molecular weight excluding hydrogens is 194 g/mol. The fourth-order valence-electron chi connectivity index (χ4n) is 1.50. The summed E-state index contributed by atoms with van der Waals surface area (Å²) < 4.78 is 10.2. The number of esters is 1. The molecule has 0 radical (unpaired) electrons. The lowest BCUT2D eigenvalue weighted by molar-refractivity contribution is -0.145. The summed E-state index contributed by atoms with van der Waals surface area (Å²) in [5.74, 6) is -0.324. The summed E-state index contributed by atoms with van der Waals surface area (Å²) in [7, 11) is 0. The van der Waals surface area contributed by atoms with Crippen LogP contribution in [0.5, 0.6) is 0 Å². The molecule has 1 unspecified atom stereocenters. The van der Waals surface area contributed by atoms with Crippen LogP contribution in [0, 0.1) is 0 Å². The lowest BCUT2D eigenvalue weighted by atomic mass is 10.1. The number of nitrogens with zero attached hydrogens (tertiary/aromatic N) is 1. The van der Waals surface area contributed by atoms with Crippen LogP contribution >= 0.6 is 0 Å². The highest BCUT2D eigenvalue weighted by molar-refractivity contribution is 5.79. The number of para-hydroxylation sites is 1. The summed E-state index contributed by atoms with van der Waals surface area (Å²) >= 11 is 0. The number of rotatable bonds is 2. The summed E-state index contributed by atoms with van der Waals surface area (Å²) in [5, 5.41) is 4.78. The second-order valence-corrected chi connectivity index (χ2v) is 3.32. The first-order valence-electron chi connectivity index (χ1n) is 4.70. The van der Waals surface area contributed by atoms with Gasteiger partial charge in [-0.3, -0.25) is 4.79 Å². The van der Waals surface area contributed by atoms with Crippen LogP contribution in [0.15, 0.2) is 28.8 Å². The van der Waals surface area contributed by atoms with Gasteiger partial charge in [0.05, 0.1) is 0 Å². The molecule has 1 atom stereocenters. The van der Waals surface area contributed by atoms with Crippen LogP contribution < -0.4 is 0 Å². The maximum absolute atomic E-state index is 10.8. The zero-order chi connectivity index (χ0) is 10.8. The number of hydrogen-bond acceptors (Lipinski definition) is 4. The van der Waals surface area contributed by atoms with E-state index in [0.29, 0.717) is 11.3 Å². The zero-order valence-electron chi connectivity index (χ0n) is 8.56. The van der Waals surface area contributed by atoms with Gasteiger partial charge in [0.2, 0.25) is 0 Å². The van der Waals surface area contributed by atoms with Gasteiger partial charge in [-0.05, 0) is 19.1 Å². The maximum Gasteiger partial charge on any atom is 0.303 e. The molecule has 4 nitrogen and oxygen atoms in total. The number of hydrogen-bond donors (Lipinski definition) is 0. The highest BCUT2D eigenvalue weighted by atomic mass is 16.5. The Balaban J connectivity index is 2.39. The summed E-state index contributed by atoms with van der Waals surface area (Å²) in [6, 6.07) is 7.48. The molecule has 0 aliphatic carbocycles. The molecule has 0 N–H and O–H groups in total. The topological polar surface area (TPSA) is 52.3 Å². The van der Waals surface area contributed by atoms with Gasteiger partial charge in [-0.2, -0.15) is 0 Å². The van der Waals surface area contributed by atoms with Gasteiger partial charge in [-0.25, -0.2) is 0 Å². The maximum atomic E-state index is 10.8. The van der Waals surface area contributed by atoms with Crippen LogP contribution in [0.2, 0.25) is 0 Å². The van der Waals surface area contributed by atoms with E-state index in [1.807, 2.05) is 24.3 Å². The molecular formula is C11H11NO3. The molecule has 15 heavy (non-hydrogen) atoms. The summed E-state index contributed by atoms with van der Waals surface area (Å²) in [6.07, 6.45) is -0.383. The lowest BCUT2D eigenvalue weighted by Crippen LogP contribution is -2.05. The monoisotopic (exact) mass is 205 g/mol. The second kappa shape index (κ2) is 3.73. The average Bonchev–Trinajstić information content (AvgIpc) is 2.59. The first kappa shape index (κ1) is 9.71.